The summed E-state index contributed by atoms with van der Waals surface area (Å²) in [6, 6.07) is 27.9. The molecule has 0 bridgehead atoms. The van der Waals surface area contributed by atoms with Crippen LogP contribution in [0.2, 0.25) is 0 Å². The second kappa shape index (κ2) is 8.99. The van der Waals surface area contributed by atoms with E-state index < -0.39 is 5.91 Å². The molecule has 7 heteroatoms. The third-order valence-electron chi connectivity index (χ3n) is 5.53. The van der Waals surface area contributed by atoms with E-state index in [2.05, 4.69) is 10.4 Å². The number of amides is 2. The average molecular weight is 447 g/mol. The van der Waals surface area contributed by atoms with Crippen LogP contribution in [-0.4, -0.2) is 26.6 Å². The normalized spacial score (nSPS) is 10.8. The zero-order chi connectivity index (χ0) is 23.5. The van der Waals surface area contributed by atoms with Crippen molar-refractivity contribution < 1.29 is 9.59 Å². The number of nitrogens with zero attached hydrogens (tertiary/aromatic N) is 3. The fraction of sp³-hybridized carbons (Fsp3) is 0.0370. The molecule has 0 aliphatic heterocycles. The molecule has 5 rings (SSSR count). The number of hydrogen-bond donors (Lipinski definition) is 2. The lowest BCUT2D eigenvalue weighted by molar-refractivity contribution is 0.0998. The van der Waals surface area contributed by atoms with Crippen LogP contribution >= 0.6 is 0 Å². The zero-order valence-electron chi connectivity index (χ0n) is 18.2. The molecular formula is C27H21N5O2. The standard InChI is InChI=1S/C27H21N5O2/c28-25(33)20-11-13-21(14-12-20)30-27(34)22-15-24(19-9-5-2-6-10-19)31-26-23(22)16-29-32(26)17-18-7-3-1-4-8-18/h1-16H,17H2,(H2,28,33)(H,30,34). The Balaban J connectivity index is 1.56. The zero-order valence-corrected chi connectivity index (χ0v) is 18.2. The minimum absolute atomic E-state index is 0.296. The molecule has 0 aliphatic rings. The fourth-order valence-electron chi connectivity index (χ4n) is 3.78. The maximum atomic E-state index is 13.3. The highest BCUT2D eigenvalue weighted by atomic mass is 16.2. The van der Waals surface area contributed by atoms with Crippen LogP contribution in [0.25, 0.3) is 22.3 Å². The maximum Gasteiger partial charge on any atom is 0.256 e. The molecule has 2 amide bonds. The summed E-state index contributed by atoms with van der Waals surface area (Å²) in [6.07, 6.45) is 1.67. The summed E-state index contributed by atoms with van der Waals surface area (Å²) in [4.78, 5) is 29.5. The number of nitrogens with one attached hydrogen (secondary N) is 1. The SMILES string of the molecule is NC(=O)c1ccc(NC(=O)c2cc(-c3ccccc3)nc3c2cnn3Cc2ccccc2)cc1. The first-order valence-corrected chi connectivity index (χ1v) is 10.8. The summed E-state index contributed by atoms with van der Waals surface area (Å²) in [5, 5.41) is 8.08. The average Bonchev–Trinajstić information content (AvgIpc) is 3.27. The minimum Gasteiger partial charge on any atom is -0.366 e. The van der Waals surface area contributed by atoms with E-state index in [9.17, 15) is 9.59 Å². The molecular weight excluding hydrogens is 426 g/mol. The van der Waals surface area contributed by atoms with Crippen LogP contribution in [0.5, 0.6) is 0 Å². The Labute approximate surface area is 195 Å². The summed E-state index contributed by atoms with van der Waals surface area (Å²) >= 11 is 0. The monoisotopic (exact) mass is 447 g/mol. The van der Waals surface area contributed by atoms with Crippen LogP contribution in [0.1, 0.15) is 26.3 Å². The number of aromatic nitrogens is 3. The van der Waals surface area contributed by atoms with E-state index in [0.717, 1.165) is 11.1 Å². The molecule has 0 fully saturated rings. The van der Waals surface area contributed by atoms with Gasteiger partial charge in [0.15, 0.2) is 5.65 Å². The van der Waals surface area contributed by atoms with Gasteiger partial charge in [-0.2, -0.15) is 5.10 Å². The van der Waals surface area contributed by atoms with Gasteiger partial charge in [0.25, 0.3) is 5.91 Å². The Hall–Kier alpha value is -4.78. The first-order chi connectivity index (χ1) is 16.6. The van der Waals surface area contributed by atoms with Crippen molar-refractivity contribution in [2.75, 3.05) is 5.32 Å². The molecule has 7 nitrogen and oxygen atoms in total. The lowest BCUT2D eigenvalue weighted by Gasteiger charge is -2.10. The van der Waals surface area contributed by atoms with E-state index in [1.54, 1.807) is 41.2 Å². The van der Waals surface area contributed by atoms with Gasteiger partial charge >= 0.3 is 0 Å². The Morgan fingerprint density at radius 1 is 0.882 bits per heavy atom. The van der Waals surface area contributed by atoms with Crippen molar-refractivity contribution in [3.05, 3.63) is 114 Å². The number of nitrogens with two attached hydrogens (primary N) is 1. The van der Waals surface area contributed by atoms with Crippen molar-refractivity contribution in [2.45, 2.75) is 6.54 Å². The molecule has 0 saturated heterocycles. The summed E-state index contributed by atoms with van der Waals surface area (Å²) in [7, 11) is 0. The molecule has 2 aromatic heterocycles. The molecule has 0 spiro atoms. The van der Waals surface area contributed by atoms with Gasteiger partial charge in [0.2, 0.25) is 5.91 Å². The summed E-state index contributed by atoms with van der Waals surface area (Å²) in [5.41, 5.74) is 9.98. The van der Waals surface area contributed by atoms with Gasteiger partial charge in [-0.25, -0.2) is 9.67 Å². The quantitative estimate of drug-likeness (QED) is 0.400. The Bertz CT molecular complexity index is 1480. The summed E-state index contributed by atoms with van der Waals surface area (Å²) in [5.74, 6) is -0.817. The second-order valence-corrected chi connectivity index (χ2v) is 7.84. The Morgan fingerprint density at radius 3 is 2.24 bits per heavy atom. The third-order valence-corrected chi connectivity index (χ3v) is 5.53. The molecule has 5 aromatic rings. The first-order valence-electron chi connectivity index (χ1n) is 10.8. The van der Waals surface area contributed by atoms with E-state index in [4.69, 9.17) is 10.7 Å². The van der Waals surface area contributed by atoms with E-state index in [-0.39, 0.29) is 5.91 Å². The lowest BCUT2D eigenvalue weighted by Crippen LogP contribution is -2.14. The van der Waals surface area contributed by atoms with E-state index in [1.807, 2.05) is 60.7 Å². The molecule has 0 atom stereocenters. The highest BCUT2D eigenvalue weighted by Crippen LogP contribution is 2.26. The van der Waals surface area contributed by atoms with Crippen molar-refractivity contribution >= 4 is 28.5 Å². The highest BCUT2D eigenvalue weighted by molar-refractivity contribution is 6.12. The van der Waals surface area contributed by atoms with Crippen LogP contribution in [-0.2, 0) is 6.54 Å². The molecule has 34 heavy (non-hydrogen) atoms. The van der Waals surface area contributed by atoms with Gasteiger partial charge in [-0.3, -0.25) is 9.59 Å². The van der Waals surface area contributed by atoms with Gasteiger partial charge in [-0.1, -0.05) is 60.7 Å². The highest BCUT2D eigenvalue weighted by Gasteiger charge is 2.18. The summed E-state index contributed by atoms with van der Waals surface area (Å²) in [6.45, 7) is 0.533. The van der Waals surface area contributed by atoms with Gasteiger partial charge in [0.1, 0.15) is 0 Å². The molecule has 0 radical (unpaired) electrons. The van der Waals surface area contributed by atoms with E-state index in [0.29, 0.717) is 40.1 Å². The van der Waals surface area contributed by atoms with Gasteiger partial charge in [-0.15, -0.1) is 0 Å². The maximum absolute atomic E-state index is 13.3. The summed E-state index contributed by atoms with van der Waals surface area (Å²) < 4.78 is 1.80. The predicted octanol–water partition coefficient (Wildman–Crippen LogP) is 4.50. The Morgan fingerprint density at radius 2 is 1.56 bits per heavy atom. The molecule has 2 heterocycles. The number of benzene rings is 3. The van der Waals surface area contributed by atoms with Crippen molar-refractivity contribution in [2.24, 2.45) is 5.73 Å². The molecule has 3 N–H and O–H groups in total. The van der Waals surface area contributed by atoms with Crippen molar-refractivity contribution in [3.8, 4) is 11.3 Å². The number of carbonyl (C=O) groups excluding carboxylic acids is 2. The number of carbonyl (C=O) groups is 2. The van der Waals surface area contributed by atoms with Gasteiger partial charge in [0, 0.05) is 16.8 Å². The van der Waals surface area contributed by atoms with Crippen LogP contribution < -0.4 is 11.1 Å². The largest absolute Gasteiger partial charge is 0.366 e. The van der Waals surface area contributed by atoms with Crippen LogP contribution in [0.4, 0.5) is 5.69 Å². The smallest absolute Gasteiger partial charge is 0.256 e. The van der Waals surface area contributed by atoms with Crippen molar-refractivity contribution in [1.82, 2.24) is 14.8 Å². The molecule has 0 aliphatic carbocycles. The Kier molecular flexibility index (Phi) is 5.58. The molecule has 0 saturated carbocycles. The lowest BCUT2D eigenvalue weighted by atomic mass is 10.1. The van der Waals surface area contributed by atoms with Gasteiger partial charge in [0.05, 0.1) is 29.4 Å². The molecule has 3 aromatic carbocycles. The minimum atomic E-state index is -0.521. The first kappa shape index (κ1) is 21.1. The number of pyridine rings is 1. The van der Waals surface area contributed by atoms with E-state index in [1.165, 1.54) is 0 Å². The number of anilines is 1. The number of rotatable bonds is 6. The van der Waals surface area contributed by atoms with Gasteiger partial charge in [-0.05, 0) is 35.9 Å². The second-order valence-electron chi connectivity index (χ2n) is 7.84. The number of hydrogen-bond acceptors (Lipinski definition) is 4. The van der Waals surface area contributed by atoms with Crippen LogP contribution in [0.3, 0.4) is 0 Å². The third kappa shape index (κ3) is 4.27. The van der Waals surface area contributed by atoms with Crippen molar-refractivity contribution in [1.29, 1.82) is 0 Å². The predicted molar refractivity (Wildman–Crippen MR) is 131 cm³/mol. The topological polar surface area (TPSA) is 103 Å². The van der Waals surface area contributed by atoms with Crippen LogP contribution in [0.15, 0.2) is 97.2 Å². The van der Waals surface area contributed by atoms with E-state index >= 15 is 0 Å². The molecule has 0 unspecified atom stereocenters. The number of primary amides is 1. The van der Waals surface area contributed by atoms with Gasteiger partial charge < -0.3 is 11.1 Å². The van der Waals surface area contributed by atoms with Crippen LogP contribution in [0, 0.1) is 0 Å². The number of fused-ring (bicyclic) bond motifs is 1. The molecule has 166 valence electrons. The fourth-order valence-corrected chi connectivity index (χ4v) is 3.78. The van der Waals surface area contributed by atoms with Crippen molar-refractivity contribution in [3.63, 3.8) is 0 Å².